The largest absolute Gasteiger partial charge is 0.497 e. The van der Waals surface area contributed by atoms with Crippen LogP contribution in [0.2, 0.25) is 0 Å². The van der Waals surface area contributed by atoms with Crippen LogP contribution in [0.5, 0.6) is 5.75 Å². The molecule has 0 aliphatic carbocycles. The molecule has 1 aliphatic rings. The second-order valence-electron chi connectivity index (χ2n) is 4.52. The number of benzene rings is 1. The van der Waals surface area contributed by atoms with E-state index < -0.39 is 6.04 Å². The molecule has 0 spiro atoms. The number of amides is 2. The standard InChI is InChI=1S/C13H13N5O3/c1-21-9-4-2-3-8(5-9)16-11(19)6-10-12(20)17-13-14-7-15-18(10)13/h2-5,7,10H,6H2,1H3,(H,16,19)(H,14,15,17,20)/t10-/m1/s1. The topological polar surface area (TPSA) is 98.1 Å². The minimum absolute atomic E-state index is 0.0145. The minimum atomic E-state index is -0.673. The molecule has 21 heavy (non-hydrogen) atoms. The molecule has 2 heterocycles. The minimum Gasteiger partial charge on any atom is -0.497 e. The number of carbonyl (C=O) groups excluding carboxylic acids is 2. The van der Waals surface area contributed by atoms with Gasteiger partial charge in [-0.25, -0.2) is 4.68 Å². The van der Waals surface area contributed by atoms with E-state index >= 15 is 0 Å². The van der Waals surface area contributed by atoms with Crippen LogP contribution in [-0.4, -0.2) is 33.7 Å². The monoisotopic (exact) mass is 287 g/mol. The number of methoxy groups -OCH3 is 1. The van der Waals surface area contributed by atoms with E-state index in [-0.39, 0.29) is 18.2 Å². The number of nitrogens with one attached hydrogen (secondary N) is 2. The predicted molar refractivity (Wildman–Crippen MR) is 73.9 cm³/mol. The van der Waals surface area contributed by atoms with Crippen LogP contribution in [0.15, 0.2) is 30.6 Å². The Labute approximate surface area is 120 Å². The van der Waals surface area contributed by atoms with Crippen molar-refractivity contribution in [3.8, 4) is 5.75 Å². The quantitative estimate of drug-likeness (QED) is 0.867. The fourth-order valence-corrected chi connectivity index (χ4v) is 2.14. The Kier molecular flexibility index (Phi) is 3.27. The highest BCUT2D eigenvalue weighted by Crippen LogP contribution is 2.24. The molecule has 2 N–H and O–H groups in total. The molecule has 8 nitrogen and oxygen atoms in total. The number of nitrogens with zero attached hydrogens (tertiary/aromatic N) is 3. The summed E-state index contributed by atoms with van der Waals surface area (Å²) in [5, 5.41) is 9.23. The molecular formula is C13H13N5O3. The summed E-state index contributed by atoms with van der Waals surface area (Å²) in [6.07, 6.45) is 1.32. The Morgan fingerprint density at radius 1 is 1.52 bits per heavy atom. The van der Waals surface area contributed by atoms with Crippen molar-refractivity contribution in [1.29, 1.82) is 0 Å². The third-order valence-corrected chi connectivity index (χ3v) is 3.14. The summed E-state index contributed by atoms with van der Waals surface area (Å²) in [4.78, 5) is 27.7. The van der Waals surface area contributed by atoms with Gasteiger partial charge in [-0.2, -0.15) is 10.1 Å². The maximum absolute atomic E-state index is 12.1. The molecule has 8 heteroatoms. The van der Waals surface area contributed by atoms with E-state index in [0.29, 0.717) is 17.4 Å². The van der Waals surface area contributed by atoms with Crippen LogP contribution in [-0.2, 0) is 9.59 Å². The summed E-state index contributed by atoms with van der Waals surface area (Å²) in [6.45, 7) is 0. The Hall–Kier alpha value is -2.90. The number of aromatic nitrogens is 3. The molecule has 0 bridgehead atoms. The lowest BCUT2D eigenvalue weighted by atomic mass is 10.2. The van der Waals surface area contributed by atoms with E-state index in [2.05, 4.69) is 20.7 Å². The van der Waals surface area contributed by atoms with Gasteiger partial charge in [-0.3, -0.25) is 14.9 Å². The molecule has 1 aromatic carbocycles. The summed E-state index contributed by atoms with van der Waals surface area (Å²) in [5.74, 6) is 0.433. The van der Waals surface area contributed by atoms with Crippen LogP contribution in [0.3, 0.4) is 0 Å². The zero-order valence-electron chi connectivity index (χ0n) is 11.2. The number of ether oxygens (including phenoxy) is 1. The lowest BCUT2D eigenvalue weighted by Crippen LogP contribution is -2.23. The van der Waals surface area contributed by atoms with E-state index in [1.165, 1.54) is 11.0 Å². The zero-order chi connectivity index (χ0) is 14.8. The molecule has 0 radical (unpaired) electrons. The van der Waals surface area contributed by atoms with E-state index in [0.717, 1.165) is 0 Å². The van der Waals surface area contributed by atoms with Crippen molar-refractivity contribution < 1.29 is 14.3 Å². The summed E-state index contributed by atoms with van der Waals surface area (Å²) < 4.78 is 6.50. The lowest BCUT2D eigenvalue weighted by molar-refractivity contribution is -0.123. The van der Waals surface area contributed by atoms with Gasteiger partial charge in [0.25, 0.3) is 5.91 Å². The second kappa shape index (κ2) is 5.23. The van der Waals surface area contributed by atoms with Crippen LogP contribution in [0.1, 0.15) is 12.5 Å². The molecular weight excluding hydrogens is 274 g/mol. The molecule has 0 unspecified atom stereocenters. The van der Waals surface area contributed by atoms with E-state index in [4.69, 9.17) is 4.74 Å². The Bertz CT molecular complexity index is 697. The van der Waals surface area contributed by atoms with Crippen molar-refractivity contribution >= 4 is 23.5 Å². The first-order valence-electron chi connectivity index (χ1n) is 6.31. The van der Waals surface area contributed by atoms with Gasteiger partial charge in [0.05, 0.1) is 13.5 Å². The number of rotatable bonds is 4. The summed E-state index contributed by atoms with van der Waals surface area (Å²) in [6, 6.07) is 6.32. The van der Waals surface area contributed by atoms with Crippen molar-refractivity contribution in [3.05, 3.63) is 30.6 Å². The van der Waals surface area contributed by atoms with Gasteiger partial charge in [0, 0.05) is 11.8 Å². The first-order chi connectivity index (χ1) is 10.2. The van der Waals surface area contributed by atoms with Crippen molar-refractivity contribution in [3.63, 3.8) is 0 Å². The van der Waals surface area contributed by atoms with Crippen LogP contribution < -0.4 is 15.4 Å². The van der Waals surface area contributed by atoms with Gasteiger partial charge in [0.2, 0.25) is 11.9 Å². The van der Waals surface area contributed by atoms with E-state index in [9.17, 15) is 9.59 Å². The van der Waals surface area contributed by atoms with Gasteiger partial charge in [0.15, 0.2) is 0 Å². The zero-order valence-corrected chi connectivity index (χ0v) is 11.2. The normalized spacial score (nSPS) is 16.2. The number of carbonyl (C=O) groups is 2. The average molecular weight is 287 g/mol. The van der Waals surface area contributed by atoms with Gasteiger partial charge < -0.3 is 10.1 Å². The van der Waals surface area contributed by atoms with Crippen LogP contribution in [0.25, 0.3) is 0 Å². The molecule has 0 saturated heterocycles. The molecule has 3 rings (SSSR count). The fraction of sp³-hybridized carbons (Fsp3) is 0.231. The first-order valence-corrected chi connectivity index (χ1v) is 6.31. The third-order valence-electron chi connectivity index (χ3n) is 3.14. The second-order valence-corrected chi connectivity index (χ2v) is 4.52. The predicted octanol–water partition coefficient (Wildman–Crippen LogP) is 0.809. The lowest BCUT2D eigenvalue weighted by Gasteiger charge is -2.10. The first kappa shape index (κ1) is 13.1. The van der Waals surface area contributed by atoms with Gasteiger partial charge >= 0.3 is 0 Å². The third kappa shape index (κ3) is 2.55. The van der Waals surface area contributed by atoms with Gasteiger partial charge in [-0.15, -0.1) is 0 Å². The van der Waals surface area contributed by atoms with Crippen LogP contribution in [0.4, 0.5) is 11.6 Å². The van der Waals surface area contributed by atoms with E-state index in [1.54, 1.807) is 31.4 Å². The highest BCUT2D eigenvalue weighted by molar-refractivity contribution is 6.00. The van der Waals surface area contributed by atoms with Gasteiger partial charge in [-0.1, -0.05) is 6.07 Å². The highest BCUT2D eigenvalue weighted by atomic mass is 16.5. The van der Waals surface area contributed by atoms with E-state index in [1.807, 2.05) is 0 Å². The number of anilines is 2. The molecule has 0 saturated carbocycles. The fourth-order valence-electron chi connectivity index (χ4n) is 2.14. The molecule has 2 aromatic rings. The molecule has 1 aromatic heterocycles. The molecule has 108 valence electrons. The molecule has 2 amide bonds. The maximum Gasteiger partial charge on any atom is 0.252 e. The van der Waals surface area contributed by atoms with Crippen molar-refractivity contribution in [2.24, 2.45) is 0 Å². The Morgan fingerprint density at radius 3 is 3.19 bits per heavy atom. The summed E-state index contributed by atoms with van der Waals surface area (Å²) >= 11 is 0. The van der Waals surface area contributed by atoms with Crippen molar-refractivity contribution in [1.82, 2.24) is 14.8 Å². The average Bonchev–Trinajstić information content (AvgIpc) is 3.02. The smallest absolute Gasteiger partial charge is 0.252 e. The van der Waals surface area contributed by atoms with Gasteiger partial charge in [-0.05, 0) is 12.1 Å². The highest BCUT2D eigenvalue weighted by Gasteiger charge is 2.33. The maximum atomic E-state index is 12.1. The Morgan fingerprint density at radius 2 is 2.38 bits per heavy atom. The SMILES string of the molecule is COc1cccc(NC(=O)C[C@@H]2C(=O)Nc3ncnn32)c1. The van der Waals surface area contributed by atoms with Crippen LogP contribution >= 0.6 is 0 Å². The van der Waals surface area contributed by atoms with Crippen LogP contribution in [0, 0.1) is 0 Å². The molecule has 1 atom stereocenters. The number of hydrogen-bond donors (Lipinski definition) is 2. The van der Waals surface area contributed by atoms with Gasteiger partial charge in [0.1, 0.15) is 18.1 Å². The molecule has 0 fully saturated rings. The van der Waals surface area contributed by atoms with Crippen molar-refractivity contribution in [2.75, 3.05) is 17.7 Å². The molecule has 1 aliphatic heterocycles. The summed E-state index contributed by atoms with van der Waals surface area (Å²) in [5.41, 5.74) is 0.608. The number of hydrogen-bond acceptors (Lipinski definition) is 5. The number of fused-ring (bicyclic) bond motifs is 1. The Balaban J connectivity index is 1.68. The van der Waals surface area contributed by atoms with Crippen molar-refractivity contribution in [2.45, 2.75) is 12.5 Å². The summed E-state index contributed by atoms with van der Waals surface area (Å²) in [7, 11) is 1.55.